The number of ether oxygens (including phenoxy) is 1. The highest BCUT2D eigenvalue weighted by atomic mass is 32.1. The van der Waals surface area contributed by atoms with Gasteiger partial charge in [0.25, 0.3) is 0 Å². The molecule has 23 heavy (non-hydrogen) atoms. The lowest BCUT2D eigenvalue weighted by molar-refractivity contribution is 0.415. The van der Waals surface area contributed by atoms with Gasteiger partial charge in [0, 0.05) is 12.7 Å². The largest absolute Gasteiger partial charge is 0.497 e. The van der Waals surface area contributed by atoms with E-state index in [0.717, 1.165) is 35.8 Å². The second kappa shape index (κ2) is 7.90. The van der Waals surface area contributed by atoms with Gasteiger partial charge in [0.15, 0.2) is 0 Å². The fraction of sp³-hybridized carbons (Fsp3) is 0.211. The van der Waals surface area contributed by atoms with Crippen molar-refractivity contribution in [3.63, 3.8) is 0 Å². The number of nitrogens with zero attached hydrogens (tertiary/aromatic N) is 1. The van der Waals surface area contributed by atoms with Crippen LogP contribution in [0, 0.1) is 0 Å². The molecule has 0 aliphatic heterocycles. The van der Waals surface area contributed by atoms with Crippen molar-refractivity contribution in [2.45, 2.75) is 13.0 Å². The van der Waals surface area contributed by atoms with Crippen LogP contribution in [0.2, 0.25) is 0 Å². The monoisotopic (exact) mass is 324 g/mol. The molecule has 4 heteroatoms. The molecule has 0 amide bonds. The van der Waals surface area contributed by atoms with E-state index < -0.39 is 0 Å². The number of aromatic nitrogens is 1. The fourth-order valence-electron chi connectivity index (χ4n) is 2.37. The summed E-state index contributed by atoms with van der Waals surface area (Å²) in [5.41, 5.74) is 2.51. The maximum atomic E-state index is 5.28. The van der Waals surface area contributed by atoms with E-state index in [1.165, 1.54) is 10.4 Å². The molecular weight excluding hydrogens is 304 g/mol. The van der Waals surface area contributed by atoms with E-state index in [2.05, 4.69) is 40.6 Å². The quantitative estimate of drug-likeness (QED) is 0.663. The number of hydrogen-bond acceptors (Lipinski definition) is 4. The Balaban J connectivity index is 1.53. The highest BCUT2D eigenvalue weighted by Gasteiger charge is 2.05. The summed E-state index contributed by atoms with van der Waals surface area (Å²) in [6, 6.07) is 18.6. The van der Waals surface area contributed by atoms with E-state index in [4.69, 9.17) is 4.74 Å². The van der Waals surface area contributed by atoms with Gasteiger partial charge in [-0.1, -0.05) is 42.5 Å². The van der Waals surface area contributed by atoms with Gasteiger partial charge >= 0.3 is 0 Å². The van der Waals surface area contributed by atoms with Crippen LogP contribution in [0.1, 0.15) is 10.6 Å². The predicted octanol–water partition coefficient (Wildman–Crippen LogP) is 4.15. The molecular formula is C19H20N2OS. The van der Waals surface area contributed by atoms with Crippen LogP contribution in [0.25, 0.3) is 10.4 Å². The van der Waals surface area contributed by atoms with Crippen LogP contribution in [-0.2, 0) is 13.0 Å². The lowest BCUT2D eigenvalue weighted by Crippen LogP contribution is -2.16. The van der Waals surface area contributed by atoms with Crippen LogP contribution in [0.5, 0.6) is 5.75 Å². The Bertz CT molecular complexity index is 740. The van der Waals surface area contributed by atoms with Gasteiger partial charge in [0.1, 0.15) is 10.8 Å². The predicted molar refractivity (Wildman–Crippen MR) is 96.0 cm³/mol. The highest BCUT2D eigenvalue weighted by Crippen LogP contribution is 2.28. The van der Waals surface area contributed by atoms with Crippen LogP contribution in [-0.4, -0.2) is 18.6 Å². The van der Waals surface area contributed by atoms with Gasteiger partial charge in [-0.2, -0.15) is 0 Å². The molecule has 1 heterocycles. The van der Waals surface area contributed by atoms with Crippen LogP contribution >= 0.6 is 11.3 Å². The van der Waals surface area contributed by atoms with Gasteiger partial charge in [0.05, 0.1) is 12.0 Å². The molecule has 0 fully saturated rings. The van der Waals surface area contributed by atoms with Crippen LogP contribution in [0.3, 0.4) is 0 Å². The molecule has 3 nitrogen and oxygen atoms in total. The normalized spacial score (nSPS) is 10.7. The molecule has 0 radical (unpaired) electrons. The van der Waals surface area contributed by atoms with E-state index >= 15 is 0 Å². The van der Waals surface area contributed by atoms with Crippen LogP contribution in [0.4, 0.5) is 0 Å². The fourth-order valence-corrected chi connectivity index (χ4v) is 3.26. The van der Waals surface area contributed by atoms with Gasteiger partial charge in [-0.05, 0) is 36.2 Å². The Kier molecular flexibility index (Phi) is 5.40. The summed E-state index contributed by atoms with van der Waals surface area (Å²) in [4.78, 5) is 5.68. The Labute approximate surface area is 141 Å². The number of hydrogen-bond donors (Lipinski definition) is 1. The van der Waals surface area contributed by atoms with Gasteiger partial charge in [-0.3, -0.25) is 0 Å². The van der Waals surface area contributed by atoms with Gasteiger partial charge in [0.2, 0.25) is 0 Å². The molecule has 3 rings (SSSR count). The first-order chi connectivity index (χ1) is 11.3. The van der Waals surface area contributed by atoms with Gasteiger partial charge in [-0.25, -0.2) is 4.98 Å². The first-order valence-electron chi connectivity index (χ1n) is 7.69. The van der Waals surface area contributed by atoms with Crippen LogP contribution in [0.15, 0.2) is 60.8 Å². The van der Waals surface area contributed by atoms with E-state index in [-0.39, 0.29) is 0 Å². The third-order valence-corrected chi connectivity index (χ3v) is 4.66. The SMILES string of the molecule is COc1cccc(-c2cnc(CNCCc3ccccc3)s2)c1. The average Bonchev–Trinajstić information content (AvgIpc) is 3.09. The molecule has 0 atom stereocenters. The molecule has 0 spiro atoms. The standard InChI is InChI=1S/C19H20N2OS/c1-22-17-9-5-8-16(12-17)18-13-21-19(23-18)14-20-11-10-15-6-3-2-4-7-15/h2-9,12-13,20H,10-11,14H2,1H3. The minimum Gasteiger partial charge on any atom is -0.497 e. The van der Waals surface area contributed by atoms with Crippen molar-refractivity contribution in [3.8, 4) is 16.2 Å². The number of methoxy groups -OCH3 is 1. The lowest BCUT2D eigenvalue weighted by atomic mass is 10.1. The minimum atomic E-state index is 0.807. The number of benzene rings is 2. The maximum absolute atomic E-state index is 5.28. The maximum Gasteiger partial charge on any atom is 0.119 e. The summed E-state index contributed by atoms with van der Waals surface area (Å²) in [5, 5.41) is 4.57. The van der Waals surface area contributed by atoms with Crippen molar-refractivity contribution in [1.29, 1.82) is 0 Å². The van der Waals surface area contributed by atoms with Crippen molar-refractivity contribution >= 4 is 11.3 Å². The second-order valence-electron chi connectivity index (χ2n) is 5.26. The van der Waals surface area contributed by atoms with E-state index in [1.54, 1.807) is 18.4 Å². The summed E-state index contributed by atoms with van der Waals surface area (Å²) in [6.45, 7) is 1.76. The van der Waals surface area contributed by atoms with E-state index in [9.17, 15) is 0 Å². The third-order valence-electron chi connectivity index (χ3n) is 3.62. The number of nitrogens with one attached hydrogen (secondary N) is 1. The Morgan fingerprint density at radius 3 is 2.78 bits per heavy atom. The second-order valence-corrected chi connectivity index (χ2v) is 6.38. The van der Waals surface area contributed by atoms with Crippen molar-refractivity contribution < 1.29 is 4.74 Å². The van der Waals surface area contributed by atoms with Gasteiger partial charge < -0.3 is 10.1 Å². The molecule has 0 saturated carbocycles. The third kappa shape index (κ3) is 4.41. The summed E-state index contributed by atoms with van der Waals surface area (Å²) < 4.78 is 5.28. The van der Waals surface area contributed by atoms with E-state index in [0.29, 0.717) is 0 Å². The number of thiazole rings is 1. The Morgan fingerprint density at radius 2 is 1.96 bits per heavy atom. The zero-order valence-electron chi connectivity index (χ0n) is 13.2. The molecule has 0 unspecified atom stereocenters. The van der Waals surface area contributed by atoms with Crippen molar-refractivity contribution in [2.75, 3.05) is 13.7 Å². The first-order valence-corrected chi connectivity index (χ1v) is 8.50. The summed E-state index contributed by atoms with van der Waals surface area (Å²) in [7, 11) is 1.69. The average molecular weight is 324 g/mol. The number of rotatable bonds is 7. The minimum absolute atomic E-state index is 0.807. The highest BCUT2D eigenvalue weighted by molar-refractivity contribution is 7.15. The molecule has 1 N–H and O–H groups in total. The van der Waals surface area contributed by atoms with Crippen LogP contribution < -0.4 is 10.1 Å². The summed E-state index contributed by atoms with van der Waals surface area (Å²) in [5.74, 6) is 0.874. The molecule has 118 valence electrons. The molecule has 0 saturated heterocycles. The first kappa shape index (κ1) is 15.7. The molecule has 3 aromatic rings. The lowest BCUT2D eigenvalue weighted by Gasteiger charge is -2.03. The van der Waals surface area contributed by atoms with Gasteiger partial charge in [-0.15, -0.1) is 11.3 Å². The van der Waals surface area contributed by atoms with Crippen molar-refractivity contribution in [3.05, 3.63) is 71.4 Å². The summed E-state index contributed by atoms with van der Waals surface area (Å²) >= 11 is 1.72. The summed E-state index contributed by atoms with van der Waals surface area (Å²) in [6.07, 6.45) is 2.97. The Hall–Kier alpha value is -2.17. The molecule has 2 aromatic carbocycles. The van der Waals surface area contributed by atoms with E-state index in [1.807, 2.05) is 30.5 Å². The molecule has 1 aromatic heterocycles. The van der Waals surface area contributed by atoms with Crippen molar-refractivity contribution in [1.82, 2.24) is 10.3 Å². The Morgan fingerprint density at radius 1 is 1.09 bits per heavy atom. The molecule has 0 aliphatic carbocycles. The topological polar surface area (TPSA) is 34.1 Å². The smallest absolute Gasteiger partial charge is 0.119 e. The zero-order valence-corrected chi connectivity index (χ0v) is 14.0. The molecule has 0 bridgehead atoms. The zero-order chi connectivity index (χ0) is 15.9. The van der Waals surface area contributed by atoms with Crippen molar-refractivity contribution in [2.24, 2.45) is 0 Å². The molecule has 0 aliphatic rings.